The fraction of sp³-hybridized carbons (Fsp3) is 0.353. The van der Waals surface area contributed by atoms with Crippen LogP contribution < -0.4 is 10.2 Å². The van der Waals surface area contributed by atoms with Crippen LogP contribution >= 0.6 is 0 Å². The lowest BCUT2D eigenvalue weighted by Gasteiger charge is -2.18. The first-order valence-corrected chi connectivity index (χ1v) is 7.37. The number of nitrogens with one attached hydrogen (secondary N) is 1. The minimum Gasteiger partial charge on any atom is -0.349 e. The zero-order valence-electron chi connectivity index (χ0n) is 13.5. The van der Waals surface area contributed by atoms with Crippen molar-refractivity contribution < 1.29 is 4.79 Å². The van der Waals surface area contributed by atoms with Gasteiger partial charge in [-0.05, 0) is 32.4 Å². The SMILES string of the molecule is Cc1cc(C(=O)NC(C)C)nc(N(C)Cc2ccccc2)n1. The van der Waals surface area contributed by atoms with Crippen molar-refractivity contribution in [3.05, 3.63) is 53.3 Å². The van der Waals surface area contributed by atoms with Gasteiger partial charge in [0.05, 0.1) is 0 Å². The summed E-state index contributed by atoms with van der Waals surface area (Å²) in [5.74, 6) is 0.382. The first-order chi connectivity index (χ1) is 10.5. The first kappa shape index (κ1) is 15.9. The molecule has 0 radical (unpaired) electrons. The molecule has 22 heavy (non-hydrogen) atoms. The Kier molecular flexibility index (Phi) is 5.09. The number of aryl methyl sites for hydroxylation is 1. The molecule has 0 saturated heterocycles. The number of hydrogen-bond donors (Lipinski definition) is 1. The average Bonchev–Trinajstić information content (AvgIpc) is 2.47. The average molecular weight is 298 g/mol. The molecule has 2 aromatic rings. The van der Waals surface area contributed by atoms with Gasteiger partial charge < -0.3 is 10.2 Å². The monoisotopic (exact) mass is 298 g/mol. The summed E-state index contributed by atoms with van der Waals surface area (Å²) < 4.78 is 0. The molecule has 1 aromatic heterocycles. The van der Waals surface area contributed by atoms with E-state index in [4.69, 9.17) is 0 Å². The van der Waals surface area contributed by atoms with Gasteiger partial charge in [-0.3, -0.25) is 4.79 Å². The van der Waals surface area contributed by atoms with Crippen molar-refractivity contribution in [2.75, 3.05) is 11.9 Å². The van der Waals surface area contributed by atoms with E-state index in [1.54, 1.807) is 6.07 Å². The minimum atomic E-state index is -0.171. The van der Waals surface area contributed by atoms with E-state index in [-0.39, 0.29) is 11.9 Å². The number of rotatable bonds is 5. The summed E-state index contributed by atoms with van der Waals surface area (Å²) in [6, 6.07) is 11.9. The second-order valence-corrected chi connectivity index (χ2v) is 5.66. The number of carbonyl (C=O) groups is 1. The zero-order chi connectivity index (χ0) is 16.1. The van der Waals surface area contributed by atoms with Crippen molar-refractivity contribution in [3.8, 4) is 0 Å². The first-order valence-electron chi connectivity index (χ1n) is 7.37. The summed E-state index contributed by atoms with van der Waals surface area (Å²) in [6.45, 7) is 6.41. The van der Waals surface area contributed by atoms with Gasteiger partial charge in [0.2, 0.25) is 5.95 Å². The van der Waals surface area contributed by atoms with Crippen molar-refractivity contribution in [2.45, 2.75) is 33.4 Å². The molecule has 0 aliphatic carbocycles. The van der Waals surface area contributed by atoms with Gasteiger partial charge in [0.1, 0.15) is 5.69 Å². The van der Waals surface area contributed by atoms with Crippen LogP contribution in [0.15, 0.2) is 36.4 Å². The minimum absolute atomic E-state index is 0.0771. The van der Waals surface area contributed by atoms with Crippen molar-refractivity contribution >= 4 is 11.9 Å². The lowest BCUT2D eigenvalue weighted by atomic mass is 10.2. The second kappa shape index (κ2) is 7.02. The number of anilines is 1. The predicted molar refractivity (Wildman–Crippen MR) is 87.9 cm³/mol. The Balaban J connectivity index is 2.20. The number of benzene rings is 1. The van der Waals surface area contributed by atoms with Crippen LogP contribution in [0.4, 0.5) is 5.95 Å². The molecule has 5 nitrogen and oxygen atoms in total. The van der Waals surface area contributed by atoms with Crippen molar-refractivity contribution in [1.29, 1.82) is 0 Å². The van der Waals surface area contributed by atoms with Crippen LogP contribution in [0.2, 0.25) is 0 Å². The summed E-state index contributed by atoms with van der Waals surface area (Å²) in [6.07, 6.45) is 0. The fourth-order valence-electron chi connectivity index (χ4n) is 2.10. The summed E-state index contributed by atoms with van der Waals surface area (Å²) >= 11 is 0. The highest BCUT2D eigenvalue weighted by Gasteiger charge is 2.13. The van der Waals surface area contributed by atoms with Gasteiger partial charge in [0.15, 0.2) is 0 Å². The molecule has 1 N–H and O–H groups in total. The topological polar surface area (TPSA) is 58.1 Å². The summed E-state index contributed by atoms with van der Waals surface area (Å²) in [7, 11) is 1.92. The Morgan fingerprint density at radius 1 is 1.23 bits per heavy atom. The smallest absolute Gasteiger partial charge is 0.270 e. The van der Waals surface area contributed by atoms with E-state index >= 15 is 0 Å². The third kappa shape index (κ3) is 4.28. The van der Waals surface area contributed by atoms with Gasteiger partial charge in [-0.25, -0.2) is 9.97 Å². The van der Waals surface area contributed by atoms with Crippen LogP contribution in [0, 0.1) is 6.92 Å². The molecule has 5 heteroatoms. The zero-order valence-corrected chi connectivity index (χ0v) is 13.5. The maximum atomic E-state index is 12.1. The van der Waals surface area contributed by atoms with E-state index < -0.39 is 0 Å². The Labute approximate surface area is 131 Å². The highest BCUT2D eigenvalue weighted by molar-refractivity contribution is 5.92. The van der Waals surface area contributed by atoms with Gasteiger partial charge in [0, 0.05) is 25.3 Å². The van der Waals surface area contributed by atoms with Gasteiger partial charge in [-0.2, -0.15) is 0 Å². The normalized spacial score (nSPS) is 10.6. The van der Waals surface area contributed by atoms with E-state index in [0.29, 0.717) is 18.2 Å². The lowest BCUT2D eigenvalue weighted by Crippen LogP contribution is -2.31. The van der Waals surface area contributed by atoms with Gasteiger partial charge >= 0.3 is 0 Å². The van der Waals surface area contributed by atoms with Crippen LogP contribution in [0.5, 0.6) is 0 Å². The molecule has 116 valence electrons. The van der Waals surface area contributed by atoms with Crippen LogP contribution in [0.1, 0.15) is 35.6 Å². The molecule has 1 aromatic carbocycles. The lowest BCUT2D eigenvalue weighted by molar-refractivity contribution is 0.0938. The second-order valence-electron chi connectivity index (χ2n) is 5.66. The third-order valence-corrected chi connectivity index (χ3v) is 3.10. The molecular weight excluding hydrogens is 276 g/mol. The Morgan fingerprint density at radius 3 is 2.55 bits per heavy atom. The largest absolute Gasteiger partial charge is 0.349 e. The van der Waals surface area contributed by atoms with Crippen molar-refractivity contribution in [2.24, 2.45) is 0 Å². The number of nitrogens with zero attached hydrogens (tertiary/aromatic N) is 3. The van der Waals surface area contributed by atoms with Crippen molar-refractivity contribution in [1.82, 2.24) is 15.3 Å². The highest BCUT2D eigenvalue weighted by Crippen LogP contribution is 2.12. The van der Waals surface area contributed by atoms with Crippen molar-refractivity contribution in [3.63, 3.8) is 0 Å². The molecule has 0 fully saturated rings. The molecule has 0 spiro atoms. The predicted octanol–water partition coefficient (Wildman–Crippen LogP) is 2.56. The van der Waals surface area contributed by atoms with Crippen LogP contribution in [0.3, 0.4) is 0 Å². The molecule has 0 atom stereocenters. The molecule has 0 saturated carbocycles. The number of aromatic nitrogens is 2. The number of hydrogen-bond acceptors (Lipinski definition) is 4. The standard InChI is InChI=1S/C17H22N4O/c1-12(2)18-16(22)15-10-13(3)19-17(20-15)21(4)11-14-8-6-5-7-9-14/h5-10,12H,11H2,1-4H3,(H,18,22). The highest BCUT2D eigenvalue weighted by atomic mass is 16.1. The third-order valence-electron chi connectivity index (χ3n) is 3.10. The van der Waals surface area contributed by atoms with E-state index in [2.05, 4.69) is 27.4 Å². The Hall–Kier alpha value is -2.43. The Morgan fingerprint density at radius 2 is 1.91 bits per heavy atom. The van der Waals surface area contributed by atoms with Gasteiger partial charge in [-0.1, -0.05) is 30.3 Å². The van der Waals surface area contributed by atoms with Crippen LogP contribution in [0.25, 0.3) is 0 Å². The maximum Gasteiger partial charge on any atom is 0.270 e. The summed E-state index contributed by atoms with van der Waals surface area (Å²) in [5.41, 5.74) is 2.35. The van der Waals surface area contributed by atoms with Crippen LogP contribution in [-0.2, 0) is 6.54 Å². The molecule has 1 amide bonds. The van der Waals surface area contributed by atoms with E-state index in [1.165, 1.54) is 5.56 Å². The fourth-order valence-corrected chi connectivity index (χ4v) is 2.10. The Bertz CT molecular complexity index is 640. The molecule has 0 unspecified atom stereocenters. The van der Waals surface area contributed by atoms with Gasteiger partial charge in [0.25, 0.3) is 5.91 Å². The molecule has 1 heterocycles. The summed E-state index contributed by atoms with van der Waals surface area (Å²) in [4.78, 5) is 22.9. The molecule has 0 aliphatic heterocycles. The van der Waals surface area contributed by atoms with E-state index in [0.717, 1.165) is 5.69 Å². The molecule has 0 bridgehead atoms. The molecular formula is C17H22N4O. The van der Waals surface area contributed by atoms with E-state index in [1.807, 2.05) is 50.9 Å². The number of amides is 1. The van der Waals surface area contributed by atoms with E-state index in [9.17, 15) is 4.79 Å². The quantitative estimate of drug-likeness (QED) is 0.921. The molecule has 0 aliphatic rings. The maximum absolute atomic E-state index is 12.1. The number of carbonyl (C=O) groups excluding carboxylic acids is 1. The van der Waals surface area contributed by atoms with Crippen LogP contribution in [-0.4, -0.2) is 29.0 Å². The van der Waals surface area contributed by atoms with Gasteiger partial charge in [-0.15, -0.1) is 0 Å². The summed E-state index contributed by atoms with van der Waals surface area (Å²) in [5, 5.41) is 2.85. The molecule has 2 rings (SSSR count).